The maximum Gasteiger partial charge on any atom is 0.387 e. The molecule has 6 heteroatoms. The van der Waals surface area contributed by atoms with Crippen molar-refractivity contribution >= 4 is 5.97 Å². The summed E-state index contributed by atoms with van der Waals surface area (Å²) in [6, 6.07) is 0. The van der Waals surface area contributed by atoms with Gasteiger partial charge >= 0.3 is 12.2 Å². The molecule has 0 heterocycles. The Morgan fingerprint density at radius 1 is 1.67 bits per heavy atom. The number of rotatable bonds is 5. The highest BCUT2D eigenvalue weighted by atomic mass is 19.1. The molecule has 0 saturated heterocycles. The van der Waals surface area contributed by atoms with Crippen LogP contribution < -0.4 is 0 Å². The first-order valence-electron chi connectivity index (χ1n) is 4.36. The molecule has 0 unspecified atom stereocenters. The number of diazo groups is 1. The molecule has 0 amide bonds. The quantitative estimate of drug-likeness (QED) is 0.331. The fourth-order valence-electron chi connectivity index (χ4n) is 0.761. The number of aliphatic hydroxyl groups excluding tert-OH is 1. The van der Waals surface area contributed by atoms with Gasteiger partial charge in [0, 0.05) is 6.42 Å². The minimum Gasteiger partial charge on any atom is -0.505 e. The monoisotopic (exact) mass is 215 g/mol. The van der Waals surface area contributed by atoms with Gasteiger partial charge in [0.2, 0.25) is 11.2 Å². The molecule has 0 aliphatic rings. The van der Waals surface area contributed by atoms with Gasteiger partial charge in [0.1, 0.15) is 0 Å². The van der Waals surface area contributed by atoms with E-state index in [2.05, 4.69) is 9.71 Å². The molecule has 0 bridgehead atoms. The summed E-state index contributed by atoms with van der Waals surface area (Å²) >= 11 is 0. The van der Waals surface area contributed by atoms with Crippen molar-refractivity contribution in [2.45, 2.75) is 19.8 Å². The average molecular weight is 215 g/mol. The summed E-state index contributed by atoms with van der Waals surface area (Å²) < 4.78 is 17.2. The summed E-state index contributed by atoms with van der Waals surface area (Å²) in [6.07, 6.45) is 2.02. The molecule has 0 spiro atoms. The largest absolute Gasteiger partial charge is 0.505 e. The summed E-state index contributed by atoms with van der Waals surface area (Å²) in [5, 5.41) is 17.0. The third-order valence-electron chi connectivity index (χ3n) is 1.40. The Labute approximate surface area is 86.5 Å². The molecule has 0 rings (SSSR count). The third-order valence-corrected chi connectivity index (χ3v) is 1.40. The molecule has 82 valence electrons. The lowest BCUT2D eigenvalue weighted by Crippen LogP contribution is -2.04. The number of aliphatic hydroxyl groups is 1. The summed E-state index contributed by atoms with van der Waals surface area (Å²) in [5.41, 5.74) is 0. The predicted octanol–water partition coefficient (Wildman–Crippen LogP) is 2.44. The molecule has 0 aliphatic heterocycles. The minimum atomic E-state index is -1.02. The summed E-state index contributed by atoms with van der Waals surface area (Å²) in [6.45, 7) is 1.68. The Balaban J connectivity index is 4.02. The van der Waals surface area contributed by atoms with Crippen molar-refractivity contribution in [2.24, 2.45) is 0 Å². The van der Waals surface area contributed by atoms with Gasteiger partial charge in [0.05, 0.1) is 6.61 Å². The van der Waals surface area contributed by atoms with E-state index in [1.807, 2.05) is 0 Å². The van der Waals surface area contributed by atoms with Gasteiger partial charge in [-0.1, -0.05) is 0 Å². The highest BCUT2D eigenvalue weighted by molar-refractivity contribution is 5.85. The lowest BCUT2D eigenvalue weighted by Gasteiger charge is -1.97. The summed E-state index contributed by atoms with van der Waals surface area (Å²) in [5.74, 6) is -2.22. The summed E-state index contributed by atoms with van der Waals surface area (Å²) in [7, 11) is 0. The van der Waals surface area contributed by atoms with Crippen LogP contribution in [0.2, 0.25) is 0 Å². The highest BCUT2D eigenvalue weighted by Gasteiger charge is 2.08. The van der Waals surface area contributed by atoms with Crippen molar-refractivity contribution in [3.8, 4) is 0 Å². The standard InChI is InChI=1S/C9H11FN2O3/c1-2-15-9(14)8(10)5-3-4-7(13)6-12-11/h5-6H,2-4H2,1H3/p+1/b7-6-,8-5-. The van der Waals surface area contributed by atoms with Crippen molar-refractivity contribution < 1.29 is 19.0 Å². The van der Waals surface area contributed by atoms with Crippen molar-refractivity contribution in [1.29, 1.82) is 5.39 Å². The van der Waals surface area contributed by atoms with Crippen LogP contribution in [0.5, 0.6) is 0 Å². The number of hydrogen-bond acceptors (Lipinski definition) is 4. The van der Waals surface area contributed by atoms with E-state index in [1.165, 1.54) is 0 Å². The van der Waals surface area contributed by atoms with Crippen molar-refractivity contribution in [3.05, 3.63) is 28.8 Å². The van der Waals surface area contributed by atoms with E-state index in [1.54, 1.807) is 6.92 Å². The lowest BCUT2D eigenvalue weighted by atomic mass is 10.2. The zero-order valence-corrected chi connectivity index (χ0v) is 8.31. The van der Waals surface area contributed by atoms with E-state index in [0.29, 0.717) is 0 Å². The van der Waals surface area contributed by atoms with Crippen LogP contribution in [0.15, 0.2) is 23.9 Å². The second-order valence-electron chi connectivity index (χ2n) is 2.55. The first-order valence-corrected chi connectivity index (χ1v) is 4.36. The molecule has 15 heavy (non-hydrogen) atoms. The van der Waals surface area contributed by atoms with Gasteiger partial charge in [-0.25, -0.2) is 4.79 Å². The van der Waals surface area contributed by atoms with E-state index < -0.39 is 11.8 Å². The van der Waals surface area contributed by atoms with Crippen LogP contribution in [-0.4, -0.2) is 17.7 Å². The van der Waals surface area contributed by atoms with Gasteiger partial charge in [-0.2, -0.15) is 4.39 Å². The normalized spacial score (nSPS) is 12.1. The second kappa shape index (κ2) is 7.50. The smallest absolute Gasteiger partial charge is 0.387 e. The fourth-order valence-corrected chi connectivity index (χ4v) is 0.761. The number of carbonyl (C=O) groups excluding carboxylic acids is 1. The zero-order valence-electron chi connectivity index (χ0n) is 8.31. The van der Waals surface area contributed by atoms with Gasteiger partial charge in [-0.3, -0.25) is 0 Å². The Kier molecular flexibility index (Phi) is 6.55. The number of allylic oxidation sites excluding steroid dienone is 2. The second-order valence-corrected chi connectivity index (χ2v) is 2.55. The number of nitrogens with zero attached hydrogens (tertiary/aromatic N) is 2. The van der Waals surface area contributed by atoms with Gasteiger partial charge in [-0.15, -0.1) is 0 Å². The molecule has 0 saturated carbocycles. The minimum absolute atomic E-state index is 0.0802. The molecule has 0 atom stereocenters. The number of hydrogen-bond donors (Lipinski definition) is 1. The Hall–Kier alpha value is -1.90. The van der Waals surface area contributed by atoms with Crippen LogP contribution in [0.4, 0.5) is 4.39 Å². The van der Waals surface area contributed by atoms with E-state index in [4.69, 9.17) is 10.5 Å². The number of carbonyl (C=O) groups is 1. The molecule has 0 aromatic heterocycles. The van der Waals surface area contributed by atoms with Crippen LogP contribution >= 0.6 is 0 Å². The molecule has 0 aromatic rings. The Morgan fingerprint density at radius 3 is 2.87 bits per heavy atom. The van der Waals surface area contributed by atoms with Gasteiger partial charge in [0.25, 0.3) is 0 Å². The maximum atomic E-state index is 12.8. The molecular formula is C9H12FN2O3+. The van der Waals surface area contributed by atoms with Crippen LogP contribution in [0, 0.1) is 5.39 Å². The van der Waals surface area contributed by atoms with Gasteiger partial charge in [0.15, 0.2) is 10.7 Å². The Bertz CT molecular complexity index is 318. The van der Waals surface area contributed by atoms with Crippen molar-refractivity contribution in [2.75, 3.05) is 6.61 Å². The van der Waals surface area contributed by atoms with Gasteiger partial charge < -0.3 is 9.84 Å². The van der Waals surface area contributed by atoms with E-state index in [9.17, 15) is 9.18 Å². The van der Waals surface area contributed by atoms with Crippen molar-refractivity contribution in [1.82, 2.24) is 0 Å². The fraction of sp³-hybridized carbons (Fsp3) is 0.444. The molecular weight excluding hydrogens is 203 g/mol. The van der Waals surface area contributed by atoms with E-state index >= 15 is 0 Å². The van der Waals surface area contributed by atoms with E-state index in [-0.39, 0.29) is 25.2 Å². The molecule has 0 radical (unpaired) electrons. The summed E-state index contributed by atoms with van der Waals surface area (Å²) in [4.78, 5) is 13.3. The third kappa shape index (κ3) is 6.21. The first-order chi connectivity index (χ1) is 7.11. The molecule has 0 fully saturated rings. The van der Waals surface area contributed by atoms with Gasteiger partial charge in [-0.05, 0) is 19.4 Å². The zero-order chi connectivity index (χ0) is 11.7. The van der Waals surface area contributed by atoms with Crippen molar-refractivity contribution in [3.63, 3.8) is 0 Å². The van der Waals surface area contributed by atoms with E-state index in [0.717, 1.165) is 12.3 Å². The molecule has 5 nitrogen and oxygen atoms in total. The predicted molar refractivity (Wildman–Crippen MR) is 50.9 cm³/mol. The van der Waals surface area contributed by atoms with Crippen LogP contribution in [0.1, 0.15) is 19.8 Å². The average Bonchev–Trinajstić information content (AvgIpc) is 2.18. The van der Waals surface area contributed by atoms with Crippen LogP contribution in [0.3, 0.4) is 0 Å². The molecule has 1 N–H and O–H groups in total. The Morgan fingerprint density at radius 2 is 2.33 bits per heavy atom. The molecule has 0 aromatic carbocycles. The lowest BCUT2D eigenvalue weighted by molar-refractivity contribution is -0.140. The maximum absolute atomic E-state index is 12.8. The van der Waals surface area contributed by atoms with Crippen LogP contribution in [0.25, 0.3) is 4.98 Å². The SMILES string of the molecule is CCOC(=O)/C(F)=C/CC/C(O)=C/[N+]#N. The van der Waals surface area contributed by atoms with Crippen LogP contribution in [-0.2, 0) is 9.53 Å². The highest BCUT2D eigenvalue weighted by Crippen LogP contribution is 2.07. The topological polar surface area (TPSA) is 74.7 Å². The number of ether oxygens (including phenoxy) is 1. The number of esters is 1. The number of halogens is 1. The molecule has 0 aliphatic carbocycles. The first kappa shape index (κ1) is 13.1.